The van der Waals surface area contributed by atoms with E-state index in [0.717, 1.165) is 24.2 Å². The first-order chi connectivity index (χ1) is 17.0. The number of rotatable bonds is 5. The van der Waals surface area contributed by atoms with E-state index in [-0.39, 0.29) is 17.5 Å². The molecule has 3 heterocycles. The predicted molar refractivity (Wildman–Crippen MR) is 135 cm³/mol. The Balaban J connectivity index is 1.57. The molecule has 35 heavy (non-hydrogen) atoms. The molecule has 8 nitrogen and oxygen atoms in total. The first-order valence-corrected chi connectivity index (χ1v) is 11.5. The van der Waals surface area contributed by atoms with Crippen molar-refractivity contribution in [3.05, 3.63) is 90.0 Å². The summed E-state index contributed by atoms with van der Waals surface area (Å²) in [5.74, 6) is 1.54. The number of pyridine rings is 1. The SMILES string of the molecule is C=CC(=O)N1CCCC(n2c(=O)c(-c3ccc(Oc4ccccc4)cc3)cc3c(N)ncnc32)C1. The number of para-hydroxylation sites is 1. The number of nitrogen functional groups attached to an aromatic ring is 1. The number of fused-ring (bicyclic) bond motifs is 1. The Morgan fingerprint density at radius 3 is 2.57 bits per heavy atom. The second-order valence-electron chi connectivity index (χ2n) is 8.45. The largest absolute Gasteiger partial charge is 0.457 e. The fourth-order valence-corrected chi connectivity index (χ4v) is 4.53. The van der Waals surface area contributed by atoms with Gasteiger partial charge in [-0.25, -0.2) is 9.97 Å². The number of piperidine rings is 1. The molecule has 1 aliphatic heterocycles. The predicted octanol–water partition coefficient (Wildman–Crippen LogP) is 4.18. The van der Waals surface area contributed by atoms with E-state index in [4.69, 9.17) is 10.5 Å². The molecule has 2 N–H and O–H groups in total. The molecule has 4 aromatic rings. The van der Waals surface area contributed by atoms with Gasteiger partial charge in [0.1, 0.15) is 29.3 Å². The third kappa shape index (κ3) is 4.38. The van der Waals surface area contributed by atoms with Crippen LogP contribution in [0.4, 0.5) is 5.82 Å². The maximum atomic E-state index is 13.8. The van der Waals surface area contributed by atoms with Crippen LogP contribution in [0.15, 0.2) is 84.4 Å². The van der Waals surface area contributed by atoms with Gasteiger partial charge in [-0.1, -0.05) is 36.9 Å². The van der Waals surface area contributed by atoms with Crippen molar-refractivity contribution in [3.8, 4) is 22.6 Å². The van der Waals surface area contributed by atoms with Crippen molar-refractivity contribution in [3.63, 3.8) is 0 Å². The fourth-order valence-electron chi connectivity index (χ4n) is 4.53. The summed E-state index contributed by atoms with van der Waals surface area (Å²) in [6.45, 7) is 4.63. The molecule has 1 saturated heterocycles. The summed E-state index contributed by atoms with van der Waals surface area (Å²) in [6.07, 6.45) is 4.18. The summed E-state index contributed by atoms with van der Waals surface area (Å²) in [6, 6.07) is 18.3. The lowest BCUT2D eigenvalue weighted by Gasteiger charge is -2.33. The standard InChI is InChI=1S/C27H25N5O3/c1-2-24(33)31-14-6-7-19(16-31)32-26-23(25(28)29-17-30-26)15-22(27(32)34)18-10-12-21(13-11-18)35-20-8-4-3-5-9-20/h2-5,8-13,15,17,19H,1,6-7,14,16H2,(H2,28,29,30). The zero-order chi connectivity index (χ0) is 24.4. The molecule has 8 heteroatoms. The lowest BCUT2D eigenvalue weighted by molar-refractivity contribution is -0.127. The van der Waals surface area contributed by atoms with Crippen LogP contribution in [0.3, 0.4) is 0 Å². The molecule has 1 amide bonds. The number of benzene rings is 2. The lowest BCUT2D eigenvalue weighted by atomic mass is 10.0. The first-order valence-electron chi connectivity index (χ1n) is 11.5. The zero-order valence-electron chi connectivity index (χ0n) is 19.1. The van der Waals surface area contributed by atoms with E-state index in [1.165, 1.54) is 12.4 Å². The second-order valence-corrected chi connectivity index (χ2v) is 8.45. The molecule has 1 atom stereocenters. The summed E-state index contributed by atoms with van der Waals surface area (Å²) in [5, 5.41) is 0.596. The van der Waals surface area contributed by atoms with Crippen molar-refractivity contribution in [2.24, 2.45) is 0 Å². The number of nitrogens with zero attached hydrogens (tertiary/aromatic N) is 4. The maximum Gasteiger partial charge on any atom is 0.260 e. The van der Waals surface area contributed by atoms with Gasteiger partial charge in [0.25, 0.3) is 5.56 Å². The highest BCUT2D eigenvalue weighted by molar-refractivity contribution is 5.89. The number of ether oxygens (including phenoxy) is 1. The molecule has 0 aliphatic carbocycles. The highest BCUT2D eigenvalue weighted by Gasteiger charge is 2.27. The van der Waals surface area contributed by atoms with Crippen LogP contribution in [0, 0.1) is 0 Å². The Morgan fingerprint density at radius 1 is 1.09 bits per heavy atom. The normalized spacial score (nSPS) is 15.7. The van der Waals surface area contributed by atoms with Crippen molar-refractivity contribution in [2.75, 3.05) is 18.8 Å². The first kappa shape index (κ1) is 22.3. The monoisotopic (exact) mass is 467 g/mol. The molecule has 0 spiro atoms. The molecule has 0 radical (unpaired) electrons. The van der Waals surface area contributed by atoms with Crippen molar-refractivity contribution in [2.45, 2.75) is 18.9 Å². The Morgan fingerprint density at radius 2 is 1.83 bits per heavy atom. The fraction of sp³-hybridized carbons (Fsp3) is 0.185. The molecular formula is C27H25N5O3. The zero-order valence-corrected chi connectivity index (χ0v) is 19.1. The Bertz CT molecular complexity index is 1450. The number of hydrogen-bond donors (Lipinski definition) is 1. The van der Waals surface area contributed by atoms with Gasteiger partial charge in [0.15, 0.2) is 0 Å². The second kappa shape index (κ2) is 9.42. The van der Waals surface area contributed by atoms with Gasteiger partial charge in [-0.2, -0.15) is 0 Å². The molecule has 1 aliphatic rings. The number of nitrogens with two attached hydrogens (primary N) is 1. The van der Waals surface area contributed by atoms with Crippen LogP contribution in [0.1, 0.15) is 18.9 Å². The summed E-state index contributed by atoms with van der Waals surface area (Å²) in [5.41, 5.74) is 7.68. The summed E-state index contributed by atoms with van der Waals surface area (Å²) >= 11 is 0. The quantitative estimate of drug-likeness (QED) is 0.442. The van der Waals surface area contributed by atoms with Gasteiger partial charge in [-0.15, -0.1) is 0 Å². The lowest BCUT2D eigenvalue weighted by Crippen LogP contribution is -2.42. The van der Waals surface area contributed by atoms with E-state index in [9.17, 15) is 9.59 Å². The van der Waals surface area contributed by atoms with Gasteiger partial charge in [-0.3, -0.25) is 14.2 Å². The minimum Gasteiger partial charge on any atom is -0.457 e. The third-order valence-corrected chi connectivity index (χ3v) is 6.25. The highest BCUT2D eigenvalue weighted by atomic mass is 16.5. The summed E-state index contributed by atoms with van der Waals surface area (Å²) < 4.78 is 7.55. The van der Waals surface area contributed by atoms with E-state index in [2.05, 4.69) is 16.5 Å². The average molecular weight is 468 g/mol. The Labute approximate surface area is 202 Å². The van der Waals surface area contributed by atoms with Crippen molar-refractivity contribution in [1.82, 2.24) is 19.4 Å². The van der Waals surface area contributed by atoms with E-state index in [0.29, 0.717) is 41.3 Å². The van der Waals surface area contributed by atoms with Crippen LogP contribution >= 0.6 is 0 Å². The maximum absolute atomic E-state index is 13.8. The Kier molecular flexibility index (Phi) is 6.01. The van der Waals surface area contributed by atoms with Crippen LogP contribution in [-0.4, -0.2) is 38.4 Å². The summed E-state index contributed by atoms with van der Waals surface area (Å²) in [4.78, 5) is 36.3. The third-order valence-electron chi connectivity index (χ3n) is 6.25. The minimum atomic E-state index is -0.238. The Hall–Kier alpha value is -4.46. The van der Waals surface area contributed by atoms with Gasteiger partial charge in [0, 0.05) is 18.7 Å². The van der Waals surface area contributed by atoms with Gasteiger partial charge >= 0.3 is 0 Å². The number of anilines is 1. The number of amides is 1. The molecule has 5 rings (SSSR count). The van der Waals surface area contributed by atoms with E-state index in [1.807, 2.05) is 54.6 Å². The van der Waals surface area contributed by atoms with E-state index >= 15 is 0 Å². The molecular weight excluding hydrogens is 442 g/mol. The summed E-state index contributed by atoms with van der Waals surface area (Å²) in [7, 11) is 0. The van der Waals surface area contributed by atoms with Crippen molar-refractivity contribution < 1.29 is 9.53 Å². The van der Waals surface area contributed by atoms with Crippen LogP contribution in [0.5, 0.6) is 11.5 Å². The van der Waals surface area contributed by atoms with Crippen LogP contribution in [0.2, 0.25) is 0 Å². The topological polar surface area (TPSA) is 103 Å². The molecule has 176 valence electrons. The average Bonchev–Trinajstić information content (AvgIpc) is 2.89. The molecule has 1 fully saturated rings. The number of carbonyl (C=O) groups excluding carboxylic acids is 1. The molecule has 0 saturated carbocycles. The van der Waals surface area contributed by atoms with E-state index in [1.54, 1.807) is 15.5 Å². The molecule has 1 unspecified atom stereocenters. The minimum absolute atomic E-state index is 0.147. The van der Waals surface area contributed by atoms with Crippen LogP contribution < -0.4 is 16.0 Å². The van der Waals surface area contributed by atoms with Gasteiger partial charge in [0.2, 0.25) is 5.91 Å². The van der Waals surface area contributed by atoms with Gasteiger partial charge in [0.05, 0.1) is 11.4 Å². The number of aromatic nitrogens is 3. The van der Waals surface area contributed by atoms with Crippen molar-refractivity contribution >= 4 is 22.8 Å². The molecule has 0 bridgehead atoms. The van der Waals surface area contributed by atoms with Crippen LogP contribution in [0.25, 0.3) is 22.2 Å². The smallest absolute Gasteiger partial charge is 0.260 e. The van der Waals surface area contributed by atoms with Crippen molar-refractivity contribution in [1.29, 1.82) is 0 Å². The highest BCUT2D eigenvalue weighted by Crippen LogP contribution is 2.30. The molecule has 2 aromatic carbocycles. The number of hydrogen-bond acceptors (Lipinski definition) is 6. The van der Waals surface area contributed by atoms with Gasteiger partial charge in [-0.05, 0) is 54.8 Å². The molecule has 2 aromatic heterocycles. The number of carbonyl (C=O) groups is 1. The van der Waals surface area contributed by atoms with E-state index < -0.39 is 0 Å². The number of likely N-dealkylation sites (tertiary alicyclic amines) is 1. The van der Waals surface area contributed by atoms with Crippen LogP contribution in [-0.2, 0) is 4.79 Å². The van der Waals surface area contributed by atoms with Gasteiger partial charge < -0.3 is 15.4 Å².